The van der Waals surface area contributed by atoms with E-state index in [9.17, 15) is 0 Å². The van der Waals surface area contributed by atoms with Gasteiger partial charge in [-0.25, -0.2) is 0 Å². The van der Waals surface area contributed by atoms with E-state index in [0.717, 1.165) is 28.2 Å². The van der Waals surface area contributed by atoms with Crippen LogP contribution in [0.4, 0.5) is 0 Å². The van der Waals surface area contributed by atoms with Gasteiger partial charge < -0.3 is 15.2 Å². The maximum atomic E-state index is 5.82. The molecule has 2 rings (SSSR count). The summed E-state index contributed by atoms with van der Waals surface area (Å²) >= 11 is 0. The van der Waals surface area contributed by atoms with Gasteiger partial charge in [-0.2, -0.15) is 0 Å². The SMILES string of the molecule is Cc1cc(CN)cc(C)c1OCCOc1ccccc1. The fraction of sp³-hybridized carbons (Fsp3) is 0.294. The van der Waals surface area contributed by atoms with Crippen molar-refractivity contribution in [3.05, 3.63) is 59.2 Å². The first-order valence-corrected chi connectivity index (χ1v) is 6.81. The monoisotopic (exact) mass is 271 g/mol. The zero-order valence-electron chi connectivity index (χ0n) is 12.1. The highest BCUT2D eigenvalue weighted by Gasteiger charge is 2.06. The molecule has 0 saturated heterocycles. The van der Waals surface area contributed by atoms with Crippen LogP contribution in [0.25, 0.3) is 0 Å². The maximum absolute atomic E-state index is 5.82. The van der Waals surface area contributed by atoms with Gasteiger partial charge in [-0.1, -0.05) is 30.3 Å². The van der Waals surface area contributed by atoms with Gasteiger partial charge in [-0.05, 0) is 42.7 Å². The molecular weight excluding hydrogens is 250 g/mol. The molecule has 3 nitrogen and oxygen atoms in total. The summed E-state index contributed by atoms with van der Waals surface area (Å²) in [5, 5.41) is 0. The second-order valence-corrected chi connectivity index (χ2v) is 4.77. The summed E-state index contributed by atoms with van der Waals surface area (Å²) in [4.78, 5) is 0. The number of nitrogens with two attached hydrogens (primary N) is 1. The summed E-state index contributed by atoms with van der Waals surface area (Å²) in [5.74, 6) is 1.79. The van der Waals surface area contributed by atoms with E-state index in [1.807, 2.05) is 44.2 Å². The molecular formula is C17H21NO2. The van der Waals surface area contributed by atoms with E-state index in [4.69, 9.17) is 15.2 Å². The first-order valence-electron chi connectivity index (χ1n) is 6.81. The van der Waals surface area contributed by atoms with Crippen molar-refractivity contribution in [2.45, 2.75) is 20.4 Å². The molecule has 0 aliphatic heterocycles. The molecule has 2 aromatic rings. The van der Waals surface area contributed by atoms with E-state index in [1.54, 1.807) is 0 Å². The first kappa shape index (κ1) is 14.4. The molecule has 0 fully saturated rings. The Bertz CT molecular complexity index is 529. The summed E-state index contributed by atoms with van der Waals surface area (Å²) in [6, 6.07) is 13.9. The van der Waals surface area contributed by atoms with Crippen LogP contribution >= 0.6 is 0 Å². The molecule has 0 aliphatic carbocycles. The van der Waals surface area contributed by atoms with Crippen molar-refractivity contribution in [1.29, 1.82) is 0 Å². The largest absolute Gasteiger partial charge is 0.490 e. The van der Waals surface area contributed by atoms with Crippen LogP contribution in [0.15, 0.2) is 42.5 Å². The lowest BCUT2D eigenvalue weighted by Gasteiger charge is -2.14. The summed E-state index contributed by atoms with van der Waals surface area (Å²) < 4.78 is 11.4. The smallest absolute Gasteiger partial charge is 0.125 e. The van der Waals surface area contributed by atoms with Crippen molar-refractivity contribution in [2.75, 3.05) is 13.2 Å². The molecule has 0 atom stereocenters. The van der Waals surface area contributed by atoms with Crippen LogP contribution in [-0.2, 0) is 6.54 Å². The topological polar surface area (TPSA) is 44.5 Å². The fourth-order valence-corrected chi connectivity index (χ4v) is 2.21. The normalized spacial score (nSPS) is 10.3. The Morgan fingerprint density at radius 3 is 2.10 bits per heavy atom. The molecule has 0 spiro atoms. The Hall–Kier alpha value is -2.00. The molecule has 2 aromatic carbocycles. The first-order chi connectivity index (χ1) is 9.70. The summed E-state index contributed by atoms with van der Waals surface area (Å²) in [6.07, 6.45) is 0. The Kier molecular flexibility index (Phi) is 5.02. The molecule has 0 unspecified atom stereocenters. The number of benzene rings is 2. The van der Waals surface area contributed by atoms with Gasteiger partial charge in [0.05, 0.1) is 0 Å². The van der Waals surface area contributed by atoms with Crippen LogP contribution < -0.4 is 15.2 Å². The summed E-state index contributed by atoms with van der Waals surface area (Å²) in [7, 11) is 0. The van der Waals surface area contributed by atoms with E-state index in [-0.39, 0.29) is 0 Å². The third-order valence-corrected chi connectivity index (χ3v) is 3.10. The van der Waals surface area contributed by atoms with E-state index in [2.05, 4.69) is 12.1 Å². The maximum Gasteiger partial charge on any atom is 0.125 e. The number of ether oxygens (including phenoxy) is 2. The number of hydrogen-bond donors (Lipinski definition) is 1. The molecule has 0 amide bonds. The van der Waals surface area contributed by atoms with Crippen LogP contribution in [-0.4, -0.2) is 13.2 Å². The number of para-hydroxylation sites is 1. The van der Waals surface area contributed by atoms with Gasteiger partial charge in [0.15, 0.2) is 0 Å². The van der Waals surface area contributed by atoms with Crippen LogP contribution in [0.3, 0.4) is 0 Å². The van der Waals surface area contributed by atoms with E-state index in [1.165, 1.54) is 0 Å². The zero-order valence-corrected chi connectivity index (χ0v) is 12.1. The van der Waals surface area contributed by atoms with Gasteiger partial charge in [-0.15, -0.1) is 0 Å². The highest BCUT2D eigenvalue weighted by atomic mass is 16.5. The van der Waals surface area contributed by atoms with Crippen LogP contribution in [0.1, 0.15) is 16.7 Å². The fourth-order valence-electron chi connectivity index (χ4n) is 2.21. The highest BCUT2D eigenvalue weighted by molar-refractivity contribution is 5.43. The number of rotatable bonds is 6. The van der Waals surface area contributed by atoms with Gasteiger partial charge in [-0.3, -0.25) is 0 Å². The van der Waals surface area contributed by atoms with Gasteiger partial charge >= 0.3 is 0 Å². The number of aryl methyl sites for hydroxylation is 2. The lowest BCUT2D eigenvalue weighted by molar-refractivity contribution is 0.215. The quantitative estimate of drug-likeness (QED) is 0.820. The Labute approximate surface area is 120 Å². The van der Waals surface area contributed by atoms with Crippen molar-refractivity contribution in [1.82, 2.24) is 0 Å². The molecule has 106 valence electrons. The molecule has 0 aromatic heterocycles. The minimum atomic E-state index is 0.526. The molecule has 0 saturated carbocycles. The molecule has 0 heterocycles. The minimum Gasteiger partial charge on any atom is -0.490 e. The van der Waals surface area contributed by atoms with Crippen LogP contribution in [0.5, 0.6) is 11.5 Å². The van der Waals surface area contributed by atoms with Crippen molar-refractivity contribution >= 4 is 0 Å². The molecule has 3 heteroatoms. The predicted octanol–water partition coefficient (Wildman–Crippen LogP) is 3.22. The summed E-state index contributed by atoms with van der Waals surface area (Å²) in [5.41, 5.74) is 9.03. The van der Waals surface area contributed by atoms with Crippen molar-refractivity contribution in [3.63, 3.8) is 0 Å². The lowest BCUT2D eigenvalue weighted by atomic mass is 10.1. The molecule has 2 N–H and O–H groups in total. The second-order valence-electron chi connectivity index (χ2n) is 4.77. The minimum absolute atomic E-state index is 0.526. The van der Waals surface area contributed by atoms with Crippen molar-refractivity contribution in [2.24, 2.45) is 5.73 Å². The van der Waals surface area contributed by atoms with E-state index >= 15 is 0 Å². The Morgan fingerprint density at radius 2 is 1.50 bits per heavy atom. The third-order valence-electron chi connectivity index (χ3n) is 3.10. The molecule has 0 radical (unpaired) electrons. The average Bonchev–Trinajstić information content (AvgIpc) is 2.46. The summed E-state index contributed by atoms with van der Waals surface area (Å²) in [6.45, 7) is 5.69. The van der Waals surface area contributed by atoms with E-state index in [0.29, 0.717) is 19.8 Å². The predicted molar refractivity (Wildman–Crippen MR) is 81.2 cm³/mol. The second kappa shape index (κ2) is 6.96. The number of hydrogen-bond acceptors (Lipinski definition) is 3. The molecule has 20 heavy (non-hydrogen) atoms. The van der Waals surface area contributed by atoms with Gasteiger partial charge in [0, 0.05) is 6.54 Å². The van der Waals surface area contributed by atoms with Gasteiger partial charge in [0.2, 0.25) is 0 Å². The third kappa shape index (κ3) is 3.75. The van der Waals surface area contributed by atoms with Crippen molar-refractivity contribution < 1.29 is 9.47 Å². The van der Waals surface area contributed by atoms with Crippen molar-refractivity contribution in [3.8, 4) is 11.5 Å². The highest BCUT2D eigenvalue weighted by Crippen LogP contribution is 2.24. The van der Waals surface area contributed by atoms with Crippen LogP contribution in [0, 0.1) is 13.8 Å². The lowest BCUT2D eigenvalue weighted by Crippen LogP contribution is -2.10. The molecule has 0 bridgehead atoms. The average molecular weight is 271 g/mol. The van der Waals surface area contributed by atoms with E-state index < -0.39 is 0 Å². The standard InChI is InChI=1S/C17H21NO2/c1-13-10-15(12-18)11-14(2)17(13)20-9-8-19-16-6-4-3-5-7-16/h3-7,10-11H,8-9,12,18H2,1-2H3. The zero-order chi connectivity index (χ0) is 14.4. The molecule has 0 aliphatic rings. The Balaban J connectivity index is 1.88. The van der Waals surface area contributed by atoms with Gasteiger partial charge in [0.25, 0.3) is 0 Å². The van der Waals surface area contributed by atoms with Crippen LogP contribution in [0.2, 0.25) is 0 Å². The Morgan fingerprint density at radius 1 is 0.900 bits per heavy atom. The van der Waals surface area contributed by atoms with Gasteiger partial charge in [0.1, 0.15) is 24.7 Å².